The number of esters is 4. The lowest BCUT2D eigenvalue weighted by Gasteiger charge is -2.10. The van der Waals surface area contributed by atoms with Gasteiger partial charge in [-0.15, -0.1) is 0 Å². The molecule has 0 aliphatic rings. The first-order valence-electron chi connectivity index (χ1n) is 12.0. The van der Waals surface area contributed by atoms with Crippen LogP contribution in [0.25, 0.3) is 0 Å². The lowest BCUT2D eigenvalue weighted by atomic mass is 10.2. The second-order valence-corrected chi connectivity index (χ2v) is 8.48. The molecule has 12 heteroatoms. The van der Waals surface area contributed by atoms with Gasteiger partial charge < -0.3 is 28.4 Å². The van der Waals surface area contributed by atoms with E-state index in [0.717, 1.165) is 24.3 Å². The molecule has 0 aliphatic heterocycles. The minimum atomic E-state index is -1.02. The molecule has 0 bridgehead atoms. The van der Waals surface area contributed by atoms with Crippen LogP contribution in [0.15, 0.2) is 85.0 Å². The summed E-state index contributed by atoms with van der Waals surface area (Å²) in [5, 5.41) is 0. The second-order valence-electron chi connectivity index (χ2n) is 8.48. The number of hydrogen-bond acceptors (Lipinski definition) is 10. The molecule has 3 aromatic rings. The standard InChI is InChI=1S/C30H24F2O10/c1-17(2)27(33)39-15-37-21-9-11-23(25(31)13-21)29(35)41-19-5-7-20(8-6-19)42-30(36)24-12-10-22(14-26(24)32)38-16-40-28(34)18(3)4/h5-14H,1,3,15-16H2,2,4H3. The van der Waals surface area contributed by atoms with Crippen molar-refractivity contribution in [1.29, 1.82) is 0 Å². The Morgan fingerprint density at radius 3 is 1.24 bits per heavy atom. The molecule has 3 aromatic carbocycles. The van der Waals surface area contributed by atoms with Crippen molar-refractivity contribution in [3.63, 3.8) is 0 Å². The van der Waals surface area contributed by atoms with Gasteiger partial charge in [0, 0.05) is 23.3 Å². The van der Waals surface area contributed by atoms with E-state index in [9.17, 15) is 28.0 Å². The molecule has 0 fully saturated rings. The van der Waals surface area contributed by atoms with E-state index < -0.39 is 60.2 Å². The van der Waals surface area contributed by atoms with Crippen molar-refractivity contribution in [2.24, 2.45) is 0 Å². The largest absolute Gasteiger partial charge is 0.457 e. The van der Waals surface area contributed by atoms with Crippen molar-refractivity contribution >= 4 is 23.9 Å². The molecule has 0 aromatic heterocycles. The Bertz CT molecular complexity index is 1420. The van der Waals surface area contributed by atoms with Gasteiger partial charge in [0.1, 0.15) is 34.6 Å². The zero-order valence-corrected chi connectivity index (χ0v) is 22.4. The van der Waals surface area contributed by atoms with Gasteiger partial charge in [0.15, 0.2) is 0 Å². The van der Waals surface area contributed by atoms with Gasteiger partial charge in [-0.25, -0.2) is 28.0 Å². The number of ether oxygens (including phenoxy) is 6. The van der Waals surface area contributed by atoms with Crippen LogP contribution in [0.4, 0.5) is 8.78 Å². The summed E-state index contributed by atoms with van der Waals surface area (Å²) < 4.78 is 58.9. The summed E-state index contributed by atoms with van der Waals surface area (Å²) in [6, 6.07) is 11.8. The van der Waals surface area contributed by atoms with Gasteiger partial charge in [-0.2, -0.15) is 0 Å². The third kappa shape index (κ3) is 8.74. The van der Waals surface area contributed by atoms with E-state index in [2.05, 4.69) is 13.2 Å². The predicted octanol–water partition coefficient (Wildman–Crippen LogP) is 5.31. The maximum atomic E-state index is 14.4. The second kappa shape index (κ2) is 14.2. The molecule has 0 heterocycles. The molecule has 42 heavy (non-hydrogen) atoms. The highest BCUT2D eigenvalue weighted by Crippen LogP contribution is 2.23. The van der Waals surface area contributed by atoms with Crippen LogP contribution < -0.4 is 18.9 Å². The Kier molecular flexibility index (Phi) is 10.5. The highest BCUT2D eigenvalue weighted by Gasteiger charge is 2.18. The third-order valence-corrected chi connectivity index (χ3v) is 5.09. The molecule has 10 nitrogen and oxygen atoms in total. The zero-order valence-electron chi connectivity index (χ0n) is 22.4. The molecule has 0 unspecified atom stereocenters. The zero-order chi connectivity index (χ0) is 30.8. The molecular weight excluding hydrogens is 558 g/mol. The number of carbonyl (C=O) groups excluding carboxylic acids is 4. The smallest absolute Gasteiger partial charge is 0.346 e. The quantitative estimate of drug-likeness (QED) is 0.120. The van der Waals surface area contributed by atoms with Crippen LogP contribution >= 0.6 is 0 Å². The summed E-state index contributed by atoms with van der Waals surface area (Å²) in [5.74, 6) is -5.25. The Labute approximate surface area is 238 Å². The molecule has 0 spiro atoms. The van der Waals surface area contributed by atoms with Crippen LogP contribution in [-0.4, -0.2) is 37.5 Å². The van der Waals surface area contributed by atoms with E-state index in [1.165, 1.54) is 50.2 Å². The number of hydrogen-bond donors (Lipinski definition) is 0. The highest BCUT2D eigenvalue weighted by atomic mass is 19.1. The van der Waals surface area contributed by atoms with Gasteiger partial charge in [0.25, 0.3) is 0 Å². The molecule has 0 atom stereocenters. The molecule has 0 radical (unpaired) electrons. The molecule has 0 aliphatic carbocycles. The van der Waals surface area contributed by atoms with Crippen molar-refractivity contribution in [2.45, 2.75) is 13.8 Å². The minimum absolute atomic E-state index is 0.00580. The first-order valence-corrected chi connectivity index (χ1v) is 12.0. The highest BCUT2D eigenvalue weighted by molar-refractivity contribution is 5.92. The Balaban J connectivity index is 1.53. The van der Waals surface area contributed by atoms with Crippen LogP contribution in [0.5, 0.6) is 23.0 Å². The van der Waals surface area contributed by atoms with E-state index in [-0.39, 0.29) is 34.1 Å². The Morgan fingerprint density at radius 1 is 0.595 bits per heavy atom. The van der Waals surface area contributed by atoms with Crippen molar-refractivity contribution in [3.8, 4) is 23.0 Å². The van der Waals surface area contributed by atoms with Crippen molar-refractivity contribution < 1.29 is 56.4 Å². The van der Waals surface area contributed by atoms with Gasteiger partial charge in [0.05, 0.1) is 11.1 Å². The molecule has 0 N–H and O–H groups in total. The lowest BCUT2D eigenvalue weighted by molar-refractivity contribution is -0.146. The molecule has 0 saturated heterocycles. The maximum Gasteiger partial charge on any atom is 0.346 e. The summed E-state index contributed by atoms with van der Waals surface area (Å²) >= 11 is 0. The van der Waals surface area contributed by atoms with E-state index in [0.29, 0.717) is 0 Å². The van der Waals surface area contributed by atoms with E-state index in [1.54, 1.807) is 0 Å². The third-order valence-electron chi connectivity index (χ3n) is 5.09. The number of rotatable bonds is 12. The first kappa shape index (κ1) is 31.0. The van der Waals surface area contributed by atoms with Crippen molar-refractivity contribution in [2.75, 3.05) is 13.6 Å². The molecule has 0 amide bonds. The normalized spacial score (nSPS) is 10.2. The summed E-state index contributed by atoms with van der Waals surface area (Å²) in [7, 11) is 0. The molecule has 0 saturated carbocycles. The summed E-state index contributed by atoms with van der Waals surface area (Å²) in [4.78, 5) is 47.5. The molecular formula is C30H24F2O10. The van der Waals surface area contributed by atoms with Gasteiger partial charge in [-0.3, -0.25) is 0 Å². The summed E-state index contributed by atoms with van der Waals surface area (Å²) in [5.41, 5.74) is -0.453. The average Bonchev–Trinajstić information content (AvgIpc) is 2.93. The number of carbonyl (C=O) groups is 4. The lowest BCUT2D eigenvalue weighted by Crippen LogP contribution is -2.13. The average molecular weight is 583 g/mol. The number of benzene rings is 3. The Hall–Kier alpha value is -5.52. The van der Waals surface area contributed by atoms with E-state index in [4.69, 9.17) is 28.4 Å². The predicted molar refractivity (Wildman–Crippen MR) is 142 cm³/mol. The minimum Gasteiger partial charge on any atom is -0.457 e. The molecule has 218 valence electrons. The van der Waals surface area contributed by atoms with Crippen molar-refractivity contribution in [3.05, 3.63) is 108 Å². The van der Waals surface area contributed by atoms with Crippen LogP contribution in [0, 0.1) is 11.6 Å². The fourth-order valence-corrected chi connectivity index (χ4v) is 2.95. The van der Waals surface area contributed by atoms with Gasteiger partial charge in [-0.1, -0.05) is 13.2 Å². The van der Waals surface area contributed by atoms with Gasteiger partial charge in [0.2, 0.25) is 13.6 Å². The fraction of sp³-hybridized carbons (Fsp3) is 0.133. The van der Waals surface area contributed by atoms with Crippen LogP contribution in [-0.2, 0) is 19.1 Å². The van der Waals surface area contributed by atoms with E-state index >= 15 is 0 Å². The summed E-state index contributed by atoms with van der Waals surface area (Å²) in [6.07, 6.45) is 0. The van der Waals surface area contributed by atoms with Crippen LogP contribution in [0.1, 0.15) is 34.6 Å². The monoisotopic (exact) mass is 582 g/mol. The molecule has 3 rings (SSSR count). The van der Waals surface area contributed by atoms with Gasteiger partial charge in [-0.05, 0) is 62.4 Å². The van der Waals surface area contributed by atoms with Crippen LogP contribution in [0.3, 0.4) is 0 Å². The number of halogens is 2. The Morgan fingerprint density at radius 2 is 0.929 bits per heavy atom. The SMILES string of the molecule is C=C(C)C(=O)OCOc1ccc(C(=O)Oc2ccc(OC(=O)c3ccc(OCOC(=O)C(=C)C)cc3F)cc2)c(F)c1. The maximum absolute atomic E-state index is 14.4. The van der Waals surface area contributed by atoms with E-state index in [1.807, 2.05) is 0 Å². The van der Waals surface area contributed by atoms with Gasteiger partial charge >= 0.3 is 23.9 Å². The summed E-state index contributed by atoms with van der Waals surface area (Å²) in [6.45, 7) is 8.79. The fourth-order valence-electron chi connectivity index (χ4n) is 2.95. The topological polar surface area (TPSA) is 124 Å². The first-order chi connectivity index (χ1) is 19.9. The van der Waals surface area contributed by atoms with Crippen molar-refractivity contribution in [1.82, 2.24) is 0 Å². The van der Waals surface area contributed by atoms with Crippen LogP contribution in [0.2, 0.25) is 0 Å².